The smallest absolute Gasteiger partial charge is 0.317 e. The maximum absolute atomic E-state index is 13.7. The van der Waals surface area contributed by atoms with E-state index in [9.17, 15) is 23.2 Å². The van der Waals surface area contributed by atoms with Crippen molar-refractivity contribution < 1.29 is 27.9 Å². The zero-order chi connectivity index (χ0) is 20.4. The number of likely N-dealkylation sites (N-methyl/N-ethyl adjacent to an activating group) is 1. The quantitative estimate of drug-likeness (QED) is 0.636. The number of ether oxygens (including phenoxy) is 1. The first-order valence-corrected chi connectivity index (χ1v) is 8.51. The first-order chi connectivity index (χ1) is 12.8. The summed E-state index contributed by atoms with van der Waals surface area (Å²) in [6.07, 6.45) is 1.11. The van der Waals surface area contributed by atoms with Crippen molar-refractivity contribution in [3.63, 3.8) is 0 Å². The van der Waals surface area contributed by atoms with Crippen molar-refractivity contribution in [1.82, 2.24) is 15.5 Å². The lowest BCUT2D eigenvalue weighted by Gasteiger charge is -2.28. The van der Waals surface area contributed by atoms with Crippen LogP contribution in [0.4, 0.5) is 13.6 Å². The Morgan fingerprint density at radius 2 is 1.93 bits per heavy atom. The van der Waals surface area contributed by atoms with Crippen LogP contribution in [0.25, 0.3) is 0 Å². The first-order valence-electron chi connectivity index (χ1n) is 8.51. The number of methoxy groups -OCH3 is 1. The van der Waals surface area contributed by atoms with Gasteiger partial charge in [-0.05, 0) is 18.9 Å². The fourth-order valence-corrected chi connectivity index (χ4v) is 2.42. The maximum Gasteiger partial charge on any atom is 0.317 e. The molecule has 0 saturated carbocycles. The highest BCUT2D eigenvalue weighted by Crippen LogP contribution is 2.12. The molecule has 0 bridgehead atoms. The Morgan fingerprint density at radius 1 is 1.22 bits per heavy atom. The number of nitrogens with zero attached hydrogens (tertiary/aromatic N) is 1. The predicted octanol–water partition coefficient (Wildman–Crippen LogP) is 1.95. The van der Waals surface area contributed by atoms with E-state index in [0.717, 1.165) is 6.07 Å². The third-order valence-electron chi connectivity index (χ3n) is 4.06. The highest BCUT2D eigenvalue weighted by atomic mass is 19.2. The van der Waals surface area contributed by atoms with Crippen LogP contribution in [-0.4, -0.2) is 49.6 Å². The number of nitrogens with one attached hydrogen (secondary N) is 2. The summed E-state index contributed by atoms with van der Waals surface area (Å²) in [6.45, 7) is 1.38. The molecule has 0 fully saturated rings. The second-order valence-corrected chi connectivity index (χ2v) is 6.04. The molecule has 2 N–H and O–H groups in total. The fraction of sp³-hybridized carbons (Fsp3) is 0.500. The average Bonchev–Trinajstić information content (AvgIpc) is 2.64. The van der Waals surface area contributed by atoms with Gasteiger partial charge in [0.25, 0.3) is 0 Å². The van der Waals surface area contributed by atoms with E-state index < -0.39 is 17.7 Å². The van der Waals surface area contributed by atoms with Crippen molar-refractivity contribution in [2.75, 3.05) is 20.7 Å². The molecule has 0 aliphatic heterocycles. The Balaban J connectivity index is 2.66. The standard InChI is InChI=1S/C18H25F2N3O4/c1-12(24)21-11-14(7-5-9-16(25)27-3)23(2)18(26)22-10-13-6-4-8-15(19)17(13)20/h4,6,8,14H,5,7,9-11H2,1-3H3,(H,21,24)(H,22,26). The first kappa shape index (κ1) is 22.3. The van der Waals surface area contributed by atoms with Crippen LogP contribution in [0.1, 0.15) is 31.7 Å². The van der Waals surface area contributed by atoms with Gasteiger partial charge in [-0.15, -0.1) is 0 Å². The third kappa shape index (κ3) is 7.59. The van der Waals surface area contributed by atoms with Gasteiger partial charge >= 0.3 is 12.0 Å². The van der Waals surface area contributed by atoms with Crippen molar-refractivity contribution in [3.05, 3.63) is 35.4 Å². The lowest BCUT2D eigenvalue weighted by molar-refractivity contribution is -0.140. The molecule has 1 aromatic rings. The molecule has 150 valence electrons. The Bertz CT molecular complexity index is 670. The number of urea groups is 1. The molecule has 0 aliphatic rings. The van der Waals surface area contributed by atoms with E-state index in [4.69, 9.17) is 0 Å². The van der Waals surface area contributed by atoms with Crippen LogP contribution >= 0.6 is 0 Å². The molecule has 1 unspecified atom stereocenters. The van der Waals surface area contributed by atoms with E-state index in [1.54, 1.807) is 0 Å². The van der Waals surface area contributed by atoms with E-state index in [-0.39, 0.29) is 43.0 Å². The molecule has 0 aromatic heterocycles. The summed E-state index contributed by atoms with van der Waals surface area (Å²) in [5.41, 5.74) is 0.0286. The van der Waals surface area contributed by atoms with Crippen molar-refractivity contribution in [2.24, 2.45) is 0 Å². The Labute approximate surface area is 157 Å². The van der Waals surface area contributed by atoms with Gasteiger partial charge in [0.1, 0.15) is 0 Å². The van der Waals surface area contributed by atoms with Gasteiger partial charge in [-0.1, -0.05) is 12.1 Å². The van der Waals surface area contributed by atoms with E-state index in [1.807, 2.05) is 0 Å². The van der Waals surface area contributed by atoms with E-state index in [1.165, 1.54) is 38.1 Å². The summed E-state index contributed by atoms with van der Waals surface area (Å²) in [5, 5.41) is 5.16. The third-order valence-corrected chi connectivity index (χ3v) is 4.06. The number of amides is 3. The summed E-state index contributed by atoms with van der Waals surface area (Å²) in [4.78, 5) is 36.1. The van der Waals surface area contributed by atoms with Crippen molar-refractivity contribution in [3.8, 4) is 0 Å². The molecule has 0 radical (unpaired) electrons. The van der Waals surface area contributed by atoms with Gasteiger partial charge in [-0.3, -0.25) is 9.59 Å². The number of benzene rings is 1. The average molecular weight is 385 g/mol. The van der Waals surface area contributed by atoms with Crippen LogP contribution in [0.5, 0.6) is 0 Å². The molecule has 7 nitrogen and oxygen atoms in total. The Kier molecular flexibility index (Phi) is 9.18. The zero-order valence-corrected chi connectivity index (χ0v) is 15.7. The SMILES string of the molecule is COC(=O)CCCC(CNC(C)=O)N(C)C(=O)NCc1cccc(F)c1F. The molecule has 1 atom stereocenters. The largest absolute Gasteiger partial charge is 0.469 e. The van der Waals surface area contributed by atoms with Gasteiger partial charge in [0.2, 0.25) is 5.91 Å². The van der Waals surface area contributed by atoms with E-state index >= 15 is 0 Å². The molecule has 0 aliphatic carbocycles. The molecule has 1 rings (SSSR count). The highest BCUT2D eigenvalue weighted by Gasteiger charge is 2.21. The van der Waals surface area contributed by atoms with Gasteiger partial charge < -0.3 is 20.3 Å². The minimum absolute atomic E-state index is 0.0286. The molecule has 0 saturated heterocycles. The highest BCUT2D eigenvalue weighted by molar-refractivity contribution is 5.75. The van der Waals surface area contributed by atoms with Crippen molar-refractivity contribution in [2.45, 2.75) is 38.8 Å². The number of halogens is 2. The van der Waals surface area contributed by atoms with Gasteiger partial charge in [-0.25, -0.2) is 13.6 Å². The number of esters is 1. The normalized spacial score (nSPS) is 11.4. The Hall–Kier alpha value is -2.71. The molecule has 0 spiro atoms. The zero-order valence-electron chi connectivity index (χ0n) is 15.7. The van der Waals surface area contributed by atoms with E-state index in [2.05, 4.69) is 15.4 Å². The molecule has 0 heterocycles. The monoisotopic (exact) mass is 385 g/mol. The van der Waals surface area contributed by atoms with Crippen molar-refractivity contribution >= 4 is 17.9 Å². The summed E-state index contributed by atoms with van der Waals surface area (Å²) in [6, 6.07) is 2.85. The second-order valence-electron chi connectivity index (χ2n) is 6.04. The minimum Gasteiger partial charge on any atom is -0.469 e. The van der Waals surface area contributed by atoms with Crippen LogP contribution in [0.2, 0.25) is 0 Å². The number of hydrogen-bond donors (Lipinski definition) is 2. The van der Waals surface area contributed by atoms with Crippen LogP contribution in [0.3, 0.4) is 0 Å². The minimum atomic E-state index is -1.01. The van der Waals surface area contributed by atoms with E-state index in [0.29, 0.717) is 12.8 Å². The summed E-state index contributed by atoms with van der Waals surface area (Å²) in [7, 11) is 2.82. The number of carbonyl (C=O) groups excluding carboxylic acids is 3. The maximum atomic E-state index is 13.7. The molecular weight excluding hydrogens is 360 g/mol. The second kappa shape index (κ2) is 11.1. The van der Waals surface area contributed by atoms with Crippen LogP contribution < -0.4 is 10.6 Å². The number of rotatable bonds is 9. The number of carbonyl (C=O) groups is 3. The van der Waals surface area contributed by atoms with Crippen LogP contribution in [-0.2, 0) is 20.9 Å². The van der Waals surface area contributed by atoms with Gasteiger partial charge in [0.15, 0.2) is 11.6 Å². The summed E-state index contributed by atoms with van der Waals surface area (Å²) in [5.74, 6) is -2.60. The van der Waals surface area contributed by atoms with Crippen LogP contribution in [0.15, 0.2) is 18.2 Å². The lowest BCUT2D eigenvalue weighted by Crippen LogP contribution is -2.48. The van der Waals surface area contributed by atoms with Gasteiger partial charge in [0.05, 0.1) is 13.2 Å². The van der Waals surface area contributed by atoms with Crippen LogP contribution in [0, 0.1) is 11.6 Å². The number of hydrogen-bond acceptors (Lipinski definition) is 4. The van der Waals surface area contributed by atoms with Gasteiger partial charge in [-0.2, -0.15) is 0 Å². The fourth-order valence-electron chi connectivity index (χ4n) is 2.42. The molecule has 9 heteroatoms. The summed E-state index contributed by atoms with van der Waals surface area (Å²) >= 11 is 0. The Morgan fingerprint density at radius 3 is 2.56 bits per heavy atom. The topological polar surface area (TPSA) is 87.7 Å². The van der Waals surface area contributed by atoms with Gasteiger partial charge in [0, 0.05) is 39.0 Å². The lowest BCUT2D eigenvalue weighted by atomic mass is 10.1. The molecule has 27 heavy (non-hydrogen) atoms. The summed E-state index contributed by atoms with van der Waals surface area (Å²) < 4.78 is 31.5. The molecular formula is C18H25F2N3O4. The predicted molar refractivity (Wildman–Crippen MR) is 94.7 cm³/mol. The molecule has 1 aromatic carbocycles. The van der Waals surface area contributed by atoms with Crippen molar-refractivity contribution in [1.29, 1.82) is 0 Å². The molecule has 3 amide bonds.